The lowest BCUT2D eigenvalue weighted by molar-refractivity contribution is 0.215. The van der Waals surface area contributed by atoms with Gasteiger partial charge in [0.1, 0.15) is 0 Å². The molecule has 2 aliphatic carbocycles. The van der Waals surface area contributed by atoms with Crippen molar-refractivity contribution in [2.75, 3.05) is 14.7 Å². The van der Waals surface area contributed by atoms with Crippen LogP contribution in [0.4, 0.5) is 39.8 Å². The van der Waals surface area contributed by atoms with Crippen LogP contribution in [0.5, 0.6) is 0 Å². The molecule has 1 fully saturated rings. The monoisotopic (exact) mass is 860 g/mol. The first-order valence-corrected chi connectivity index (χ1v) is 24.9. The molecule has 1 saturated carbocycles. The summed E-state index contributed by atoms with van der Waals surface area (Å²) < 4.78 is 0. The first kappa shape index (κ1) is 40.3. The summed E-state index contributed by atoms with van der Waals surface area (Å²) in [5.74, 6) is 0.374. The third kappa shape index (κ3) is 5.11. The van der Waals surface area contributed by atoms with Gasteiger partial charge in [0, 0.05) is 51.1 Å². The number of hydrogen-bond donors (Lipinski definition) is 0. The molecule has 0 aromatic heterocycles. The van der Waals surface area contributed by atoms with Crippen LogP contribution in [0.25, 0.3) is 0 Å². The molecule has 3 nitrogen and oxygen atoms in total. The first-order valence-electron chi connectivity index (χ1n) is 24.9. The summed E-state index contributed by atoms with van der Waals surface area (Å²) in [4.78, 5) is 8.41. The Balaban J connectivity index is 1.18. The molecule has 0 radical (unpaired) electrons. The highest BCUT2D eigenvalue weighted by molar-refractivity contribution is 7.00. The molecule has 4 heteroatoms. The lowest BCUT2D eigenvalue weighted by Crippen LogP contribution is -2.65. The van der Waals surface area contributed by atoms with Crippen LogP contribution in [0.15, 0.2) is 152 Å². The second kappa shape index (κ2) is 13.6. The summed E-state index contributed by atoms with van der Waals surface area (Å²) in [6.45, 7) is 19.4. The van der Waals surface area contributed by atoms with E-state index in [-0.39, 0.29) is 34.0 Å². The minimum absolute atomic E-state index is 0.00975. The second-order valence-electron chi connectivity index (χ2n) is 23.1. The average Bonchev–Trinajstić information content (AvgIpc) is 3.73. The van der Waals surface area contributed by atoms with Crippen molar-refractivity contribution < 1.29 is 0 Å². The highest BCUT2D eigenvalue weighted by Gasteiger charge is 2.64. The van der Waals surface area contributed by atoms with Gasteiger partial charge in [0.2, 0.25) is 0 Å². The zero-order chi connectivity index (χ0) is 45.1. The van der Waals surface area contributed by atoms with Gasteiger partial charge in [0.25, 0.3) is 6.71 Å². The molecule has 4 atom stereocenters. The Morgan fingerprint density at radius 3 is 2.06 bits per heavy atom. The van der Waals surface area contributed by atoms with E-state index >= 15 is 0 Å². The number of benzene rings is 7. The third-order valence-electron chi connectivity index (χ3n) is 17.7. The SMILES string of the molecule is CC(C)(C)c1cccc(N2c3cc(C(C)(C)C)ccc3B3c4cccc5c4N(c4cc(N6c7ccccc7C7CCc8ccccc8C76C)cc2c43)C2(C)CCCCC52c2ccccc2)c1. The molecule has 7 aromatic rings. The van der Waals surface area contributed by atoms with Crippen LogP contribution in [0.1, 0.15) is 132 Å². The largest absolute Gasteiger partial charge is 0.335 e. The second-order valence-corrected chi connectivity index (χ2v) is 23.1. The molecule has 7 aromatic carbocycles. The Morgan fingerprint density at radius 1 is 0.545 bits per heavy atom. The lowest BCUT2D eigenvalue weighted by atomic mass is 9.33. The standard InChI is InChI=1S/C62H62BN3/c1-58(2,3)42-23-18-24-44(36-42)64-53-37-43(59(4,5)6)31-33-50(53)63-51-28-19-27-49-57(51)66(60(7)34-16-17-35-62(49,60)41-21-10-9-11-22-41)55-39-45(38-54(64)56(55)63)65-52-29-15-13-25-46(52)48-32-30-40-20-12-14-26-47(40)61(48,65)8/h9-15,18-29,31,33,36-39,48H,16-17,30,32,34-35H2,1-8H3. The molecule has 4 unspecified atom stereocenters. The molecule has 13 rings (SSSR count). The zero-order valence-electron chi connectivity index (χ0n) is 40.2. The Bertz CT molecular complexity index is 3150. The van der Waals surface area contributed by atoms with E-state index in [0.717, 1.165) is 25.7 Å². The molecule has 0 spiro atoms. The van der Waals surface area contributed by atoms with Crippen LogP contribution >= 0.6 is 0 Å². The van der Waals surface area contributed by atoms with Crippen molar-refractivity contribution in [1.82, 2.24) is 0 Å². The van der Waals surface area contributed by atoms with Crippen LogP contribution in [-0.2, 0) is 28.2 Å². The van der Waals surface area contributed by atoms with Crippen molar-refractivity contribution in [3.63, 3.8) is 0 Å². The molecule has 4 heterocycles. The maximum absolute atomic E-state index is 2.93. The molecule has 0 N–H and O–H groups in total. The van der Waals surface area contributed by atoms with Crippen LogP contribution in [0.2, 0.25) is 0 Å². The first-order chi connectivity index (χ1) is 31.7. The fourth-order valence-electron chi connectivity index (χ4n) is 14.7. The van der Waals surface area contributed by atoms with Crippen molar-refractivity contribution in [1.29, 1.82) is 0 Å². The Kier molecular flexibility index (Phi) is 8.28. The third-order valence-corrected chi connectivity index (χ3v) is 17.7. The topological polar surface area (TPSA) is 9.72 Å². The van der Waals surface area contributed by atoms with E-state index in [1.807, 2.05) is 0 Å². The maximum Gasteiger partial charge on any atom is 0.252 e. The van der Waals surface area contributed by atoms with Gasteiger partial charge in [-0.25, -0.2) is 0 Å². The number of anilines is 7. The maximum atomic E-state index is 2.93. The van der Waals surface area contributed by atoms with Crippen molar-refractivity contribution >= 4 is 62.9 Å². The molecule has 4 aliphatic heterocycles. The Hall–Kier alpha value is -6.00. The smallest absolute Gasteiger partial charge is 0.252 e. The van der Waals surface area contributed by atoms with Crippen LogP contribution in [-0.4, -0.2) is 12.3 Å². The van der Waals surface area contributed by atoms with Gasteiger partial charge in [-0.2, -0.15) is 0 Å². The van der Waals surface area contributed by atoms with Gasteiger partial charge < -0.3 is 14.7 Å². The molecular weight excluding hydrogens is 798 g/mol. The molecule has 6 aliphatic rings. The van der Waals surface area contributed by atoms with E-state index in [9.17, 15) is 0 Å². The minimum Gasteiger partial charge on any atom is -0.335 e. The minimum atomic E-state index is -0.271. The summed E-state index contributed by atoms with van der Waals surface area (Å²) in [5.41, 5.74) is 23.0. The van der Waals surface area contributed by atoms with Gasteiger partial charge in [-0.3, -0.25) is 0 Å². The number of para-hydroxylation sites is 2. The summed E-state index contributed by atoms with van der Waals surface area (Å²) in [6, 6.07) is 60.1. The van der Waals surface area contributed by atoms with Gasteiger partial charge >= 0.3 is 0 Å². The summed E-state index contributed by atoms with van der Waals surface area (Å²) in [7, 11) is 0. The predicted molar refractivity (Wildman–Crippen MR) is 279 cm³/mol. The highest BCUT2D eigenvalue weighted by atomic mass is 15.3. The van der Waals surface area contributed by atoms with Crippen molar-refractivity contribution in [3.05, 3.63) is 191 Å². The number of rotatable bonds is 3. The van der Waals surface area contributed by atoms with E-state index in [2.05, 4.69) is 222 Å². The Labute approximate surface area is 393 Å². The molecule has 66 heavy (non-hydrogen) atoms. The van der Waals surface area contributed by atoms with Crippen LogP contribution in [0.3, 0.4) is 0 Å². The quantitative estimate of drug-likeness (QED) is 0.164. The fourth-order valence-corrected chi connectivity index (χ4v) is 14.7. The van der Waals surface area contributed by atoms with E-state index in [1.54, 1.807) is 0 Å². The van der Waals surface area contributed by atoms with Gasteiger partial charge in [0.05, 0.1) is 11.1 Å². The van der Waals surface area contributed by atoms with E-state index in [1.165, 1.54) is 108 Å². The summed E-state index contributed by atoms with van der Waals surface area (Å²) in [5, 5.41) is 0. The molecule has 0 saturated heterocycles. The van der Waals surface area contributed by atoms with E-state index in [4.69, 9.17) is 0 Å². The Morgan fingerprint density at radius 2 is 1.24 bits per heavy atom. The molecule has 328 valence electrons. The van der Waals surface area contributed by atoms with Crippen LogP contribution in [0, 0.1) is 0 Å². The number of nitrogens with zero attached hydrogens (tertiary/aromatic N) is 3. The highest BCUT2D eigenvalue weighted by Crippen LogP contribution is 2.66. The number of aryl methyl sites for hydroxylation is 1. The normalized spacial score (nSPS) is 24.2. The van der Waals surface area contributed by atoms with Crippen molar-refractivity contribution in [2.24, 2.45) is 0 Å². The van der Waals surface area contributed by atoms with Gasteiger partial charge in [-0.05, 0) is 142 Å². The average molecular weight is 860 g/mol. The lowest BCUT2D eigenvalue weighted by Gasteiger charge is -2.54. The molecular formula is C62H62BN3. The predicted octanol–water partition coefficient (Wildman–Crippen LogP) is 13.8. The van der Waals surface area contributed by atoms with Gasteiger partial charge in [-0.15, -0.1) is 0 Å². The molecule has 0 bridgehead atoms. The fraction of sp³-hybridized carbons (Fsp3) is 0.323. The van der Waals surface area contributed by atoms with Crippen molar-refractivity contribution in [3.8, 4) is 0 Å². The number of hydrogen-bond acceptors (Lipinski definition) is 3. The zero-order valence-corrected chi connectivity index (χ0v) is 40.2. The van der Waals surface area contributed by atoms with Crippen LogP contribution < -0.4 is 31.1 Å². The summed E-state index contributed by atoms with van der Waals surface area (Å²) in [6.07, 6.45) is 6.95. The van der Waals surface area contributed by atoms with E-state index in [0.29, 0.717) is 5.92 Å². The van der Waals surface area contributed by atoms with Gasteiger partial charge in [0.15, 0.2) is 0 Å². The van der Waals surface area contributed by atoms with Crippen molar-refractivity contribution in [2.45, 2.75) is 127 Å². The summed E-state index contributed by atoms with van der Waals surface area (Å²) >= 11 is 0. The van der Waals surface area contributed by atoms with Gasteiger partial charge in [-0.1, -0.05) is 170 Å². The number of fused-ring (bicyclic) bond motifs is 12. The molecule has 0 amide bonds. The van der Waals surface area contributed by atoms with E-state index < -0.39 is 0 Å².